The first-order chi connectivity index (χ1) is 13.6. The van der Waals surface area contributed by atoms with Crippen LogP contribution < -0.4 is 15.4 Å². The Balaban J connectivity index is 1.41. The summed E-state index contributed by atoms with van der Waals surface area (Å²) < 4.78 is 19.3. The first kappa shape index (κ1) is 19.7. The third-order valence-corrected chi connectivity index (χ3v) is 4.31. The van der Waals surface area contributed by atoms with Crippen LogP contribution >= 0.6 is 11.6 Å². The molecular weight excluding hydrogens is 379 g/mol. The van der Waals surface area contributed by atoms with E-state index in [-0.39, 0.29) is 24.8 Å². The summed E-state index contributed by atoms with van der Waals surface area (Å²) in [7, 11) is 0. The Morgan fingerprint density at radius 1 is 0.964 bits per heavy atom. The molecule has 2 N–H and O–H groups in total. The minimum Gasteiger partial charge on any atom is -0.489 e. The van der Waals surface area contributed by atoms with E-state index in [0.717, 1.165) is 17.0 Å². The maximum absolute atomic E-state index is 13.5. The van der Waals surface area contributed by atoms with E-state index in [9.17, 15) is 9.18 Å². The molecule has 0 saturated carbocycles. The third-order valence-electron chi connectivity index (χ3n) is 4.06. The van der Waals surface area contributed by atoms with Crippen LogP contribution in [0, 0.1) is 5.82 Å². The number of nitrogens with one attached hydrogen (secondary N) is 2. The van der Waals surface area contributed by atoms with Crippen molar-refractivity contribution >= 4 is 23.2 Å². The fourth-order valence-electron chi connectivity index (χ4n) is 2.50. The van der Waals surface area contributed by atoms with Crippen molar-refractivity contribution in [3.63, 3.8) is 0 Å². The summed E-state index contributed by atoms with van der Waals surface area (Å²) in [5.74, 6) is 0.181. The molecule has 0 atom stereocenters. The van der Waals surface area contributed by atoms with E-state index in [1.807, 2.05) is 48.5 Å². The van der Waals surface area contributed by atoms with Crippen LogP contribution in [0.3, 0.4) is 0 Å². The monoisotopic (exact) mass is 398 g/mol. The summed E-state index contributed by atoms with van der Waals surface area (Å²) in [6.45, 7) is 0.701. The molecule has 6 heteroatoms. The van der Waals surface area contributed by atoms with Crippen molar-refractivity contribution in [1.82, 2.24) is 5.32 Å². The highest BCUT2D eigenvalue weighted by molar-refractivity contribution is 6.30. The summed E-state index contributed by atoms with van der Waals surface area (Å²) in [5, 5.41) is 6.41. The summed E-state index contributed by atoms with van der Waals surface area (Å²) in [5.41, 5.74) is 2.27. The Morgan fingerprint density at radius 3 is 2.39 bits per heavy atom. The number of benzene rings is 3. The first-order valence-corrected chi connectivity index (χ1v) is 9.19. The first-order valence-electron chi connectivity index (χ1n) is 8.81. The highest BCUT2D eigenvalue weighted by Gasteiger charge is 2.05. The molecule has 1 amide bonds. The van der Waals surface area contributed by atoms with E-state index in [0.29, 0.717) is 17.2 Å². The van der Waals surface area contributed by atoms with Gasteiger partial charge >= 0.3 is 0 Å². The van der Waals surface area contributed by atoms with Crippen molar-refractivity contribution in [2.24, 2.45) is 0 Å². The topological polar surface area (TPSA) is 50.4 Å². The average Bonchev–Trinajstić information content (AvgIpc) is 2.72. The summed E-state index contributed by atoms with van der Waals surface area (Å²) >= 11 is 5.86. The van der Waals surface area contributed by atoms with Crippen molar-refractivity contribution in [3.05, 3.63) is 94.8 Å². The summed E-state index contributed by atoms with van der Waals surface area (Å²) in [6, 6.07) is 21.2. The van der Waals surface area contributed by atoms with Gasteiger partial charge in [0.25, 0.3) is 0 Å². The molecule has 0 aromatic heterocycles. The van der Waals surface area contributed by atoms with Gasteiger partial charge in [0.05, 0.1) is 6.54 Å². The minimum atomic E-state index is -0.329. The van der Waals surface area contributed by atoms with Crippen LogP contribution in [0.15, 0.2) is 72.8 Å². The molecule has 3 rings (SSSR count). The molecule has 144 valence electrons. The van der Waals surface area contributed by atoms with Gasteiger partial charge in [-0.15, -0.1) is 0 Å². The molecule has 0 bridgehead atoms. The number of carbonyl (C=O) groups excluding carboxylic acids is 1. The van der Waals surface area contributed by atoms with Crippen molar-refractivity contribution in [3.8, 4) is 5.75 Å². The molecular formula is C22H20ClFN2O2. The average molecular weight is 399 g/mol. The molecule has 0 aliphatic heterocycles. The smallest absolute Gasteiger partial charge is 0.239 e. The molecule has 0 saturated heterocycles. The number of hydrogen-bond donors (Lipinski definition) is 2. The van der Waals surface area contributed by atoms with Crippen molar-refractivity contribution in [2.45, 2.75) is 13.2 Å². The standard InChI is InChI=1S/C22H20ClFN2O2/c23-18-7-5-16(6-8-18)15-28-20-11-9-19(10-12-20)25-14-22(27)26-13-17-3-1-2-4-21(17)24/h1-12,25H,13-15H2,(H,26,27). The number of hydrogen-bond acceptors (Lipinski definition) is 3. The minimum absolute atomic E-state index is 0.0967. The van der Waals surface area contributed by atoms with Gasteiger partial charge in [-0.25, -0.2) is 4.39 Å². The number of carbonyl (C=O) groups is 1. The predicted octanol–water partition coefficient (Wildman–Crippen LogP) is 4.79. The van der Waals surface area contributed by atoms with Crippen LogP contribution in [-0.2, 0) is 17.9 Å². The van der Waals surface area contributed by atoms with E-state index >= 15 is 0 Å². The van der Waals surface area contributed by atoms with Crippen LogP contribution in [0.25, 0.3) is 0 Å². The largest absolute Gasteiger partial charge is 0.489 e. The van der Waals surface area contributed by atoms with Gasteiger partial charge in [0.1, 0.15) is 18.2 Å². The highest BCUT2D eigenvalue weighted by Crippen LogP contribution is 2.17. The molecule has 0 spiro atoms. The zero-order valence-electron chi connectivity index (χ0n) is 15.1. The second-order valence-electron chi connectivity index (χ2n) is 6.16. The van der Waals surface area contributed by atoms with Crippen LogP contribution in [-0.4, -0.2) is 12.5 Å². The van der Waals surface area contributed by atoms with E-state index in [1.54, 1.807) is 18.2 Å². The van der Waals surface area contributed by atoms with Crippen LogP contribution in [0.5, 0.6) is 5.75 Å². The number of anilines is 1. The van der Waals surface area contributed by atoms with Crippen LogP contribution in [0.1, 0.15) is 11.1 Å². The fraction of sp³-hybridized carbons (Fsp3) is 0.136. The van der Waals surface area contributed by atoms with Crippen molar-refractivity contribution in [2.75, 3.05) is 11.9 Å². The SMILES string of the molecule is O=C(CNc1ccc(OCc2ccc(Cl)cc2)cc1)NCc1ccccc1F. The van der Waals surface area contributed by atoms with Crippen LogP contribution in [0.2, 0.25) is 5.02 Å². The van der Waals surface area contributed by atoms with Gasteiger partial charge in [0.2, 0.25) is 5.91 Å². The quantitative estimate of drug-likeness (QED) is 0.573. The number of rotatable bonds is 8. The third kappa shape index (κ3) is 5.99. The van der Waals surface area contributed by atoms with Gasteiger partial charge in [-0.05, 0) is 48.0 Å². The lowest BCUT2D eigenvalue weighted by Gasteiger charge is -2.10. The lowest BCUT2D eigenvalue weighted by atomic mass is 10.2. The zero-order valence-corrected chi connectivity index (χ0v) is 15.9. The van der Waals surface area contributed by atoms with Gasteiger partial charge in [-0.1, -0.05) is 41.9 Å². The summed E-state index contributed by atoms with van der Waals surface area (Å²) in [4.78, 5) is 11.9. The summed E-state index contributed by atoms with van der Waals surface area (Å²) in [6.07, 6.45) is 0. The molecule has 4 nitrogen and oxygen atoms in total. The maximum Gasteiger partial charge on any atom is 0.239 e. The van der Waals surface area contributed by atoms with E-state index in [2.05, 4.69) is 10.6 Å². The lowest BCUT2D eigenvalue weighted by Crippen LogP contribution is -2.29. The van der Waals surface area contributed by atoms with Crippen molar-refractivity contribution in [1.29, 1.82) is 0 Å². The van der Waals surface area contributed by atoms with Gasteiger partial charge in [-0.2, -0.15) is 0 Å². The normalized spacial score (nSPS) is 10.4. The number of halogens is 2. The number of ether oxygens (including phenoxy) is 1. The second-order valence-corrected chi connectivity index (χ2v) is 6.60. The Morgan fingerprint density at radius 2 is 1.68 bits per heavy atom. The lowest BCUT2D eigenvalue weighted by molar-refractivity contribution is -0.119. The van der Waals surface area contributed by atoms with E-state index < -0.39 is 0 Å². The molecule has 3 aromatic carbocycles. The maximum atomic E-state index is 13.5. The van der Waals surface area contributed by atoms with Crippen molar-refractivity contribution < 1.29 is 13.9 Å². The Hall–Kier alpha value is -3.05. The second kappa shape index (κ2) is 9.76. The molecule has 0 radical (unpaired) electrons. The van der Waals surface area contributed by atoms with Gasteiger partial charge in [0, 0.05) is 22.8 Å². The van der Waals surface area contributed by atoms with E-state index in [1.165, 1.54) is 6.07 Å². The Kier molecular flexibility index (Phi) is 6.87. The van der Waals surface area contributed by atoms with Gasteiger partial charge < -0.3 is 15.4 Å². The molecule has 3 aromatic rings. The highest BCUT2D eigenvalue weighted by atomic mass is 35.5. The van der Waals surface area contributed by atoms with Gasteiger partial charge in [-0.3, -0.25) is 4.79 Å². The Labute approximate surface area is 168 Å². The molecule has 0 unspecified atom stereocenters. The molecule has 0 fully saturated rings. The molecule has 28 heavy (non-hydrogen) atoms. The molecule has 0 heterocycles. The van der Waals surface area contributed by atoms with E-state index in [4.69, 9.17) is 16.3 Å². The predicted molar refractivity (Wildman–Crippen MR) is 109 cm³/mol. The zero-order chi connectivity index (χ0) is 19.8. The van der Waals surface area contributed by atoms with Crippen LogP contribution in [0.4, 0.5) is 10.1 Å². The van der Waals surface area contributed by atoms with Gasteiger partial charge in [0.15, 0.2) is 0 Å². The number of amides is 1. The Bertz CT molecular complexity index is 915. The molecule has 0 aliphatic carbocycles. The molecule has 0 aliphatic rings. The fourth-order valence-corrected chi connectivity index (χ4v) is 2.62.